The first-order valence-corrected chi connectivity index (χ1v) is 14.6. The van der Waals surface area contributed by atoms with Gasteiger partial charge in [-0.3, -0.25) is 0 Å². The number of fused-ring (bicyclic) bond motifs is 1. The van der Waals surface area contributed by atoms with Crippen LogP contribution >= 0.6 is 0 Å². The predicted molar refractivity (Wildman–Crippen MR) is 169 cm³/mol. The maximum absolute atomic E-state index is 15.5. The number of hydrogen-bond acceptors (Lipinski definition) is 11. The molecule has 5 rings (SSSR count). The summed E-state index contributed by atoms with van der Waals surface area (Å²) in [5.74, 6) is 0.129. The minimum atomic E-state index is -1.31. The molecule has 3 aromatic rings. The van der Waals surface area contributed by atoms with Crippen LogP contribution in [0.4, 0.5) is 21.8 Å². The molecule has 2 fully saturated rings. The second-order valence-corrected chi connectivity index (χ2v) is 12.3. The van der Waals surface area contributed by atoms with E-state index in [1.165, 1.54) is 38.6 Å². The lowest BCUT2D eigenvalue weighted by Gasteiger charge is -2.44. The van der Waals surface area contributed by atoms with Gasteiger partial charge in [-0.15, -0.1) is 0 Å². The Kier molecular flexibility index (Phi) is 8.58. The van der Waals surface area contributed by atoms with Gasteiger partial charge in [0.05, 0.1) is 17.3 Å². The molecule has 3 N–H and O–H groups in total. The first-order valence-electron chi connectivity index (χ1n) is 14.6. The zero-order valence-electron chi connectivity index (χ0n) is 25.3. The number of aryl methyl sites for hydroxylation is 1. The van der Waals surface area contributed by atoms with E-state index < -0.39 is 22.3 Å². The van der Waals surface area contributed by atoms with E-state index >= 15 is 4.39 Å². The summed E-state index contributed by atoms with van der Waals surface area (Å²) in [5, 5.41) is 31.7. The minimum Gasteiger partial charge on any atom is -0.502 e. The van der Waals surface area contributed by atoms with Crippen LogP contribution in [-0.4, -0.2) is 108 Å². The normalized spacial score (nSPS) is 19.3. The molecular formula is C25H35B4FN10O3. The molecule has 1 aromatic carbocycles. The van der Waals surface area contributed by atoms with Gasteiger partial charge in [0.2, 0.25) is 5.95 Å². The number of tetrazole rings is 1. The molecule has 0 spiro atoms. The van der Waals surface area contributed by atoms with Crippen molar-refractivity contribution in [2.24, 2.45) is 13.0 Å². The summed E-state index contributed by atoms with van der Waals surface area (Å²) in [5.41, 5.74) is -0.252. The van der Waals surface area contributed by atoms with E-state index in [1.807, 2.05) is 0 Å². The van der Waals surface area contributed by atoms with Crippen LogP contribution in [0.3, 0.4) is 0 Å². The molecule has 0 bridgehead atoms. The van der Waals surface area contributed by atoms with Crippen LogP contribution < -0.4 is 21.1 Å². The Labute approximate surface area is 252 Å². The molecule has 43 heavy (non-hydrogen) atoms. The van der Waals surface area contributed by atoms with Gasteiger partial charge in [-0.05, 0) is 61.2 Å². The lowest BCUT2D eigenvalue weighted by molar-refractivity contribution is 0.0649. The molecular weight excluding hydrogens is 551 g/mol. The van der Waals surface area contributed by atoms with Crippen LogP contribution in [0, 0.1) is 23.1 Å². The van der Waals surface area contributed by atoms with Crippen LogP contribution in [0.2, 0.25) is 0 Å². The molecule has 18 heteroatoms. The molecule has 0 radical (unpaired) electrons. The maximum Gasteiger partial charge on any atom is 0.368 e. The molecule has 0 unspecified atom stereocenters. The van der Waals surface area contributed by atoms with Crippen LogP contribution in [0.5, 0.6) is 5.75 Å². The third-order valence-electron chi connectivity index (χ3n) is 8.75. The van der Waals surface area contributed by atoms with E-state index in [0.29, 0.717) is 24.3 Å². The summed E-state index contributed by atoms with van der Waals surface area (Å²) < 4.78 is 23.6. The molecule has 2 aliphatic heterocycles. The maximum atomic E-state index is 15.5. The van der Waals surface area contributed by atoms with Crippen molar-refractivity contribution in [1.82, 2.24) is 34.7 Å². The number of aromatic nitrogens is 6. The van der Waals surface area contributed by atoms with Gasteiger partial charge in [-0.1, -0.05) is 6.42 Å². The fraction of sp³-hybridized carbons (Fsp3) is 0.520. The molecule has 222 valence electrons. The zero-order valence-corrected chi connectivity index (χ0v) is 25.3. The lowest BCUT2D eigenvalue weighted by Crippen LogP contribution is -2.60. The quantitative estimate of drug-likeness (QED) is 0.226. The first-order chi connectivity index (χ1) is 20.4. The molecule has 4 heterocycles. The van der Waals surface area contributed by atoms with Crippen molar-refractivity contribution in [3.8, 4) is 17.5 Å². The standard InChI is InChI=1S/C25H35B4FN10O3/c1-38-23(41)40(37-36-38)19-10-17(16(30)9-20(19)43-25(28,29)24(26,27)42)34-22-33-13-15(11-31)21(35-22)32-12-14-5-4-8-39-7-3-2-6-18(14)39/h9-10,13-14,18,42H,2-8,12,26-29H2,1H3,(H2,32,33,34,35)/t14-,18+/m0/s1. The largest absolute Gasteiger partial charge is 0.502 e. The number of aliphatic hydroxyl groups is 1. The van der Waals surface area contributed by atoms with Crippen molar-refractivity contribution in [3.63, 3.8) is 0 Å². The Bertz CT molecular complexity index is 1590. The van der Waals surface area contributed by atoms with Crippen molar-refractivity contribution in [3.05, 3.63) is 40.2 Å². The predicted octanol–water partition coefficient (Wildman–Crippen LogP) is -2.60. The van der Waals surface area contributed by atoms with Crippen LogP contribution in [0.25, 0.3) is 5.69 Å². The number of nitrogens with one attached hydrogen (secondary N) is 2. The minimum absolute atomic E-state index is 0.0230. The number of halogens is 1. The van der Waals surface area contributed by atoms with Gasteiger partial charge in [0, 0.05) is 31.1 Å². The number of benzene rings is 1. The van der Waals surface area contributed by atoms with E-state index in [2.05, 4.69) is 42.0 Å². The average Bonchev–Trinajstić information content (AvgIpc) is 3.30. The second kappa shape index (κ2) is 12.0. The molecule has 13 nitrogen and oxygen atoms in total. The molecule has 2 aromatic heterocycles. The van der Waals surface area contributed by atoms with Crippen molar-refractivity contribution < 1.29 is 14.2 Å². The average molecular weight is 586 g/mol. The Hall–Kier alpha value is -3.83. The number of rotatable bonds is 9. The number of anilines is 3. The van der Waals surface area contributed by atoms with Gasteiger partial charge in [0.25, 0.3) is 0 Å². The van der Waals surface area contributed by atoms with E-state index in [9.17, 15) is 15.2 Å². The summed E-state index contributed by atoms with van der Waals surface area (Å²) in [7, 11) is 7.88. The number of ether oxygens (including phenoxy) is 1. The lowest BCUT2D eigenvalue weighted by atomic mass is 9.42. The van der Waals surface area contributed by atoms with E-state index in [4.69, 9.17) is 4.74 Å². The fourth-order valence-corrected chi connectivity index (χ4v) is 5.57. The number of hydrogen-bond donors (Lipinski definition) is 3. The van der Waals surface area contributed by atoms with Gasteiger partial charge < -0.3 is 25.4 Å². The second-order valence-electron chi connectivity index (χ2n) is 12.3. The van der Waals surface area contributed by atoms with Gasteiger partial charge in [-0.25, -0.2) is 14.2 Å². The van der Waals surface area contributed by atoms with Crippen LogP contribution in [0.1, 0.15) is 37.7 Å². The molecule has 0 aliphatic carbocycles. The van der Waals surface area contributed by atoms with Crippen LogP contribution in [-0.2, 0) is 7.05 Å². The van der Waals surface area contributed by atoms with E-state index in [-0.39, 0.29) is 28.6 Å². The third kappa shape index (κ3) is 6.42. The highest BCUT2D eigenvalue weighted by Gasteiger charge is 2.38. The zero-order chi connectivity index (χ0) is 30.9. The van der Waals surface area contributed by atoms with Gasteiger partial charge in [0.15, 0.2) is 5.82 Å². The molecule has 2 saturated heterocycles. The van der Waals surface area contributed by atoms with Crippen molar-refractivity contribution in [1.29, 1.82) is 5.26 Å². The Balaban J connectivity index is 1.43. The number of piperidine rings is 2. The Morgan fingerprint density at radius 2 is 1.95 bits per heavy atom. The Morgan fingerprint density at radius 1 is 1.19 bits per heavy atom. The highest BCUT2D eigenvalue weighted by Crippen LogP contribution is 2.34. The summed E-state index contributed by atoms with van der Waals surface area (Å²) in [6.45, 7) is 2.95. The monoisotopic (exact) mass is 586 g/mol. The summed E-state index contributed by atoms with van der Waals surface area (Å²) in [4.78, 5) is 24.1. The van der Waals surface area contributed by atoms with E-state index in [0.717, 1.165) is 41.4 Å². The molecule has 0 saturated carbocycles. The first kappa shape index (κ1) is 30.6. The molecule has 0 amide bonds. The van der Waals surface area contributed by atoms with Gasteiger partial charge >= 0.3 is 5.69 Å². The summed E-state index contributed by atoms with van der Waals surface area (Å²) in [6, 6.07) is 5.11. The van der Waals surface area contributed by atoms with E-state index in [1.54, 1.807) is 31.4 Å². The Morgan fingerprint density at radius 3 is 2.65 bits per heavy atom. The molecule has 2 atom stereocenters. The van der Waals surface area contributed by atoms with Gasteiger partial charge in [-0.2, -0.15) is 19.6 Å². The van der Waals surface area contributed by atoms with Gasteiger partial charge in [0.1, 0.15) is 60.3 Å². The molecule has 2 aliphatic rings. The van der Waals surface area contributed by atoms with Crippen molar-refractivity contribution in [2.75, 3.05) is 30.3 Å². The van der Waals surface area contributed by atoms with Crippen molar-refractivity contribution in [2.45, 2.75) is 48.9 Å². The number of nitriles is 1. The number of nitrogens with zero attached hydrogens (tertiary/aromatic N) is 8. The SMILES string of the molecule is BC(B)(O)C(B)(B)Oc1cc(F)c(Nc2ncc(C#N)c(NC[C@@H]3CCCN4CCCC[C@H]34)n2)cc1-n1nnn(C)c1=O. The highest BCUT2D eigenvalue weighted by atomic mass is 19.1. The van der Waals surface area contributed by atoms with Crippen molar-refractivity contribution >= 4 is 48.8 Å². The topological polar surface area (TPSA) is 159 Å². The summed E-state index contributed by atoms with van der Waals surface area (Å²) in [6.07, 6.45) is 7.30. The highest BCUT2D eigenvalue weighted by molar-refractivity contribution is 6.53. The van der Waals surface area contributed by atoms with Crippen LogP contribution in [0.15, 0.2) is 23.1 Å². The summed E-state index contributed by atoms with van der Waals surface area (Å²) >= 11 is 0. The third-order valence-corrected chi connectivity index (χ3v) is 8.75. The fourth-order valence-electron chi connectivity index (χ4n) is 5.57. The smallest absolute Gasteiger partial charge is 0.368 e.